The molecule has 1 aliphatic carbocycles. The van der Waals surface area contributed by atoms with Gasteiger partial charge < -0.3 is 20.1 Å². The summed E-state index contributed by atoms with van der Waals surface area (Å²) in [5.74, 6) is 1.61. The predicted molar refractivity (Wildman–Crippen MR) is 199 cm³/mol. The van der Waals surface area contributed by atoms with Crippen molar-refractivity contribution in [3.8, 4) is 22.8 Å². The molecule has 0 unspecified atom stereocenters. The highest BCUT2D eigenvalue weighted by Gasteiger charge is 2.26. The van der Waals surface area contributed by atoms with E-state index in [0.29, 0.717) is 37.1 Å². The number of aromatic nitrogens is 3. The summed E-state index contributed by atoms with van der Waals surface area (Å²) in [4.78, 5) is 35.2. The molecule has 0 spiro atoms. The van der Waals surface area contributed by atoms with Gasteiger partial charge >= 0.3 is 0 Å². The number of amides is 2. The number of ether oxygens (including phenoxy) is 2. The SMILES string of the molecule is Cn1ccc(C(=O)NC2CCC(NC(=O)c3cc(F)cnc3Oc3cccc(-c4ccc(CN5CCSCC5)cc4CN4CCOCC4)c3)CC2)n1. The Morgan fingerprint density at radius 2 is 1.63 bits per heavy atom. The van der Waals surface area contributed by atoms with E-state index in [2.05, 4.69) is 54.8 Å². The zero-order valence-corrected chi connectivity index (χ0v) is 30.4. The summed E-state index contributed by atoms with van der Waals surface area (Å²) < 4.78 is 27.9. The average molecular weight is 728 g/mol. The first-order chi connectivity index (χ1) is 25.4. The number of morpholine rings is 1. The molecule has 0 atom stereocenters. The molecule has 52 heavy (non-hydrogen) atoms. The van der Waals surface area contributed by atoms with E-state index in [4.69, 9.17) is 9.47 Å². The van der Waals surface area contributed by atoms with Crippen LogP contribution < -0.4 is 15.4 Å². The Hall–Kier alpha value is -4.30. The number of hydrogen-bond acceptors (Lipinski definition) is 9. The lowest BCUT2D eigenvalue weighted by atomic mass is 9.91. The Morgan fingerprint density at radius 3 is 2.37 bits per heavy atom. The number of halogens is 1. The topological polar surface area (TPSA) is 114 Å². The van der Waals surface area contributed by atoms with Gasteiger partial charge in [0.05, 0.1) is 19.4 Å². The molecular formula is C39H46FN7O4S. The Bertz CT molecular complexity index is 1850. The van der Waals surface area contributed by atoms with Gasteiger partial charge in [0.2, 0.25) is 5.88 Å². The summed E-state index contributed by atoms with van der Waals surface area (Å²) in [5, 5.41) is 10.3. The zero-order valence-electron chi connectivity index (χ0n) is 29.6. The number of aryl methyl sites for hydroxylation is 1. The van der Waals surface area contributed by atoms with E-state index in [-0.39, 0.29) is 29.4 Å². The molecule has 2 saturated heterocycles. The van der Waals surface area contributed by atoms with Crippen molar-refractivity contribution in [3.05, 3.63) is 95.2 Å². The highest BCUT2D eigenvalue weighted by molar-refractivity contribution is 7.99. The molecule has 274 valence electrons. The lowest BCUT2D eigenvalue weighted by Crippen LogP contribution is -2.44. The number of hydrogen-bond donors (Lipinski definition) is 2. The van der Waals surface area contributed by atoms with E-state index in [1.54, 1.807) is 24.0 Å². The minimum Gasteiger partial charge on any atom is -0.438 e. The first-order valence-corrected chi connectivity index (χ1v) is 19.3. The number of nitrogens with one attached hydrogen (secondary N) is 2. The lowest BCUT2D eigenvalue weighted by molar-refractivity contribution is 0.0342. The van der Waals surface area contributed by atoms with Crippen LogP contribution in [0.15, 0.2) is 67.0 Å². The van der Waals surface area contributed by atoms with Gasteiger partial charge in [-0.05, 0) is 72.2 Å². The summed E-state index contributed by atoms with van der Waals surface area (Å²) >= 11 is 2.02. The molecule has 4 aromatic rings. The molecule has 0 bridgehead atoms. The number of rotatable bonds is 11. The van der Waals surface area contributed by atoms with Gasteiger partial charge in [-0.25, -0.2) is 9.37 Å². The van der Waals surface area contributed by atoms with E-state index in [1.165, 1.54) is 28.7 Å². The molecule has 2 aliphatic heterocycles. The molecule has 1 saturated carbocycles. The van der Waals surface area contributed by atoms with Gasteiger partial charge in [-0.2, -0.15) is 16.9 Å². The number of pyridine rings is 1. The fraction of sp³-hybridized carbons (Fsp3) is 0.436. The van der Waals surface area contributed by atoms with Gasteiger partial charge in [-0.1, -0.05) is 30.3 Å². The molecule has 0 radical (unpaired) electrons. The molecule has 2 aromatic heterocycles. The Kier molecular flexibility index (Phi) is 11.8. The molecule has 2 amide bonds. The van der Waals surface area contributed by atoms with Crippen LogP contribution in [-0.2, 0) is 24.9 Å². The maximum Gasteiger partial charge on any atom is 0.271 e. The fourth-order valence-electron chi connectivity index (χ4n) is 7.13. The van der Waals surface area contributed by atoms with Crippen molar-refractivity contribution in [1.82, 2.24) is 35.2 Å². The highest BCUT2D eigenvalue weighted by atomic mass is 32.2. The molecule has 2 aromatic carbocycles. The third kappa shape index (κ3) is 9.37. The van der Waals surface area contributed by atoms with Crippen LogP contribution in [0.5, 0.6) is 11.6 Å². The van der Waals surface area contributed by atoms with Crippen LogP contribution in [0.2, 0.25) is 0 Å². The van der Waals surface area contributed by atoms with Crippen molar-refractivity contribution in [2.45, 2.75) is 50.9 Å². The minimum absolute atomic E-state index is 0.0101. The monoisotopic (exact) mass is 727 g/mol. The van der Waals surface area contributed by atoms with Crippen LogP contribution in [0.25, 0.3) is 11.1 Å². The summed E-state index contributed by atoms with van der Waals surface area (Å²) in [6.45, 7) is 7.21. The van der Waals surface area contributed by atoms with Crippen LogP contribution >= 0.6 is 11.8 Å². The Labute approximate surface area is 308 Å². The van der Waals surface area contributed by atoms with Crippen molar-refractivity contribution in [2.24, 2.45) is 7.05 Å². The van der Waals surface area contributed by atoms with Gasteiger partial charge in [0.25, 0.3) is 11.8 Å². The Balaban J connectivity index is 1.03. The van der Waals surface area contributed by atoms with E-state index in [1.807, 2.05) is 30.0 Å². The van der Waals surface area contributed by atoms with E-state index in [9.17, 15) is 14.0 Å². The minimum atomic E-state index is -0.622. The quantitative estimate of drug-likeness (QED) is 0.214. The number of thioether (sulfide) groups is 1. The summed E-state index contributed by atoms with van der Waals surface area (Å²) in [6, 6.07) is 17.2. The number of carbonyl (C=O) groups is 2. The smallest absolute Gasteiger partial charge is 0.271 e. The number of carbonyl (C=O) groups excluding carboxylic acids is 2. The third-order valence-corrected chi connectivity index (χ3v) is 10.9. The maximum atomic E-state index is 14.5. The molecule has 3 aliphatic rings. The number of benzene rings is 2. The van der Waals surface area contributed by atoms with Gasteiger partial charge in [-0.15, -0.1) is 0 Å². The molecule has 11 nitrogen and oxygen atoms in total. The van der Waals surface area contributed by atoms with E-state index < -0.39 is 11.7 Å². The molecule has 3 fully saturated rings. The van der Waals surface area contributed by atoms with Crippen molar-refractivity contribution in [1.29, 1.82) is 0 Å². The second-order valence-electron chi connectivity index (χ2n) is 13.8. The molecule has 13 heteroatoms. The average Bonchev–Trinajstić information content (AvgIpc) is 3.60. The van der Waals surface area contributed by atoms with Gasteiger partial charge in [0.15, 0.2) is 0 Å². The summed E-state index contributed by atoms with van der Waals surface area (Å²) in [7, 11) is 1.77. The first-order valence-electron chi connectivity index (χ1n) is 18.1. The second kappa shape index (κ2) is 17.0. The Morgan fingerprint density at radius 1 is 0.904 bits per heavy atom. The second-order valence-corrected chi connectivity index (χ2v) is 15.0. The molecular weight excluding hydrogens is 682 g/mol. The third-order valence-electron chi connectivity index (χ3n) is 9.94. The molecule has 7 rings (SSSR count). The number of nitrogens with zero attached hydrogens (tertiary/aromatic N) is 5. The summed E-state index contributed by atoms with van der Waals surface area (Å²) in [6.07, 6.45) is 5.53. The zero-order chi connectivity index (χ0) is 35.9. The standard InChI is InChI=1S/C39H46FN7O4S/c1-45-12-11-36(44-45)38(49)43-32-8-6-31(7-9-32)42-37(48)35-23-30(40)24-41-39(35)51-33-4-2-3-28(22-33)34-10-5-27(25-47-15-19-52-20-16-47)21-29(34)26-46-13-17-50-18-14-46/h2-5,10-12,21-24,31-32H,6-9,13-20,25-26H2,1H3,(H,42,48)(H,43,49). The largest absolute Gasteiger partial charge is 0.438 e. The van der Waals surface area contributed by atoms with Gasteiger partial charge in [0.1, 0.15) is 22.8 Å². The summed E-state index contributed by atoms with van der Waals surface area (Å²) in [5.41, 5.74) is 5.07. The molecule has 4 heterocycles. The normalized spacial score (nSPS) is 20.0. The van der Waals surface area contributed by atoms with Gasteiger partial charge in [-0.3, -0.25) is 24.1 Å². The highest BCUT2D eigenvalue weighted by Crippen LogP contribution is 2.32. The van der Waals surface area contributed by atoms with Crippen LogP contribution in [0.4, 0.5) is 4.39 Å². The van der Waals surface area contributed by atoms with E-state index in [0.717, 1.165) is 69.8 Å². The van der Waals surface area contributed by atoms with Crippen molar-refractivity contribution < 1.29 is 23.5 Å². The van der Waals surface area contributed by atoms with E-state index >= 15 is 0 Å². The van der Waals surface area contributed by atoms with Crippen LogP contribution in [-0.4, -0.2) is 99.4 Å². The molecule has 2 N–H and O–H groups in total. The predicted octanol–water partition coefficient (Wildman–Crippen LogP) is 5.27. The van der Waals surface area contributed by atoms with Gasteiger partial charge in [0, 0.05) is 76.1 Å². The van der Waals surface area contributed by atoms with Crippen LogP contribution in [0.1, 0.15) is 57.7 Å². The first kappa shape index (κ1) is 36.1. The van der Waals surface area contributed by atoms with Crippen molar-refractivity contribution in [2.75, 3.05) is 50.9 Å². The van der Waals surface area contributed by atoms with Crippen molar-refractivity contribution in [3.63, 3.8) is 0 Å². The lowest BCUT2D eigenvalue weighted by Gasteiger charge is -2.29. The maximum absolute atomic E-state index is 14.5. The van der Waals surface area contributed by atoms with Crippen LogP contribution in [0.3, 0.4) is 0 Å². The van der Waals surface area contributed by atoms with Crippen molar-refractivity contribution >= 4 is 23.6 Å². The van der Waals surface area contributed by atoms with Crippen LogP contribution in [0, 0.1) is 5.82 Å². The fourth-order valence-corrected chi connectivity index (χ4v) is 8.10.